The highest BCUT2D eigenvalue weighted by atomic mass is 31.2. The highest BCUT2D eigenvalue weighted by Crippen LogP contribution is 2.48. The molecule has 3 fully saturated rings. The quantitative estimate of drug-likeness (QED) is 0.0347. The summed E-state index contributed by atoms with van der Waals surface area (Å²) in [4.78, 5) is 72.4. The van der Waals surface area contributed by atoms with Gasteiger partial charge in [-0.2, -0.15) is 0 Å². The number of carboxylic acid groups (broad SMARTS) is 1. The molecule has 0 spiro atoms. The van der Waals surface area contributed by atoms with Crippen LogP contribution in [0.25, 0.3) is 0 Å². The Balaban J connectivity index is 1.89. The van der Waals surface area contributed by atoms with Crippen molar-refractivity contribution < 1.29 is 102 Å². The van der Waals surface area contributed by atoms with Crippen molar-refractivity contribution in [3.05, 3.63) is 34.9 Å². The molecule has 2 saturated heterocycles. The Morgan fingerprint density at radius 2 is 1.39 bits per heavy atom. The third-order valence-corrected chi connectivity index (χ3v) is 12.4. The standard InChI is InChI=1S/C42H70N5O21P/c1-19(2)9-7-10-20(3)11-8-12-21(4)13-14-61-27(39(56)57)18-62-69(59,60)68-41-37(35(67-42(45)58)33(54)36(65-41)38(44)55)66-40-30(47-23(6)51)32(53)34(26(17-49)64-40)63-25-15-24(16-48)31(52)28(43)29(25)46-22(5)50/h9,11,13,24-37,40-41,48-49,52-54H,7-8,10,12,14-18,43H2,1-6H3,(H2,44,55)(H2,45,58)(H,46,50)(H,47,51)(H,56,57)(H,59,60)/b20-11+,21-13-/t24?,25-,26?,27-,28?,29-,30+,31-,32?,33?,34-,35+,36?,37?,40+,41+/m1/s1. The Kier molecular flexibility index (Phi) is 23.7. The van der Waals surface area contributed by atoms with E-state index in [1.54, 1.807) is 6.08 Å². The normalized spacial score (nSPS) is 33.3. The van der Waals surface area contributed by atoms with Crippen LogP contribution in [0.4, 0.5) is 4.79 Å². The molecule has 3 rings (SSSR count). The number of allylic oxidation sites excluding steroid dienone is 5. The molecule has 2 aliphatic heterocycles. The Bertz CT molecular complexity index is 1890. The Hall–Kier alpha value is -3.96. The summed E-state index contributed by atoms with van der Waals surface area (Å²) in [7, 11) is -5.58. The van der Waals surface area contributed by atoms with Gasteiger partial charge in [0.25, 0.3) is 0 Å². The summed E-state index contributed by atoms with van der Waals surface area (Å²) in [5, 5.41) is 68.9. The summed E-state index contributed by atoms with van der Waals surface area (Å²) >= 11 is 0. The van der Waals surface area contributed by atoms with E-state index in [0.29, 0.717) is 6.42 Å². The van der Waals surface area contributed by atoms with E-state index in [4.69, 9.17) is 54.7 Å². The molecule has 15 N–H and O–H groups in total. The van der Waals surface area contributed by atoms with Crippen LogP contribution in [0.15, 0.2) is 34.9 Å². The minimum atomic E-state index is -5.58. The number of phosphoric acid groups is 1. The summed E-state index contributed by atoms with van der Waals surface area (Å²) in [6.45, 7) is 7.23. The molecule has 4 amide bonds. The number of hydrogen-bond donors (Lipinski definition) is 12. The first-order chi connectivity index (χ1) is 32.3. The van der Waals surface area contributed by atoms with Crippen molar-refractivity contribution in [3.8, 4) is 0 Å². The Morgan fingerprint density at radius 3 is 1.94 bits per heavy atom. The van der Waals surface area contributed by atoms with E-state index < -0.39 is 155 Å². The largest absolute Gasteiger partial charge is 0.479 e. The number of aliphatic hydroxyl groups is 5. The first kappa shape index (κ1) is 59.3. The summed E-state index contributed by atoms with van der Waals surface area (Å²) in [6.07, 6.45) is -15.5. The molecule has 2 heterocycles. The molecule has 3 aliphatic rings. The second-order valence-corrected chi connectivity index (χ2v) is 18.8. The number of carbonyl (C=O) groups is 5. The average molecular weight is 1010 g/mol. The van der Waals surface area contributed by atoms with E-state index in [1.807, 2.05) is 27.7 Å². The molecule has 69 heavy (non-hydrogen) atoms. The van der Waals surface area contributed by atoms with Crippen molar-refractivity contribution in [1.29, 1.82) is 0 Å². The predicted octanol–water partition coefficient (Wildman–Crippen LogP) is -2.03. The fourth-order valence-electron chi connectivity index (χ4n) is 7.92. The predicted molar refractivity (Wildman–Crippen MR) is 238 cm³/mol. The minimum absolute atomic E-state index is 0.138. The fraction of sp³-hybridized carbons (Fsp3) is 0.738. The summed E-state index contributed by atoms with van der Waals surface area (Å²) in [5.41, 5.74) is 20.2. The molecule has 0 aromatic carbocycles. The third-order valence-electron chi connectivity index (χ3n) is 11.5. The molecular weight excluding hydrogens is 941 g/mol. The van der Waals surface area contributed by atoms with Crippen LogP contribution < -0.4 is 27.8 Å². The summed E-state index contributed by atoms with van der Waals surface area (Å²) in [6, 6.07) is -4.07. The number of carbonyl (C=O) groups excluding carboxylic acids is 4. The van der Waals surface area contributed by atoms with Crippen molar-refractivity contribution in [2.75, 3.05) is 26.4 Å². The molecule has 0 aromatic heterocycles. The van der Waals surface area contributed by atoms with Gasteiger partial charge in [-0.3, -0.25) is 23.4 Å². The lowest BCUT2D eigenvalue weighted by Gasteiger charge is -2.50. The Labute approximate surface area is 399 Å². The lowest BCUT2D eigenvalue weighted by Crippen LogP contribution is -2.70. The van der Waals surface area contributed by atoms with Gasteiger partial charge in [-0.25, -0.2) is 14.2 Å². The van der Waals surface area contributed by atoms with Crippen molar-refractivity contribution in [3.63, 3.8) is 0 Å². The molecule has 394 valence electrons. The van der Waals surface area contributed by atoms with Crippen molar-refractivity contribution in [1.82, 2.24) is 10.6 Å². The lowest BCUT2D eigenvalue weighted by molar-refractivity contribution is -0.344. The SMILES string of the molecule is CC(=O)N[C@H]1C(O)[C@H](O[C@@H]2CC(CO)[C@@H](O)C(N)[C@@H]2NC(C)=O)C(CO)O[C@H]1OC1[C@H](OP(=O)(O)OC[C@@H](OC/C=C(/C)CC/C=C(\C)CCC=C(C)C)C(=O)O)OC(C(N)=O)C(O)[C@@H]1OC(N)=O. The second-order valence-electron chi connectivity index (χ2n) is 17.4. The molecule has 0 bridgehead atoms. The molecule has 26 nitrogen and oxygen atoms in total. The molecule has 1 aliphatic carbocycles. The van der Waals surface area contributed by atoms with E-state index in [0.717, 1.165) is 31.8 Å². The van der Waals surface area contributed by atoms with Gasteiger partial charge in [0.05, 0.1) is 44.1 Å². The van der Waals surface area contributed by atoms with Crippen molar-refractivity contribution in [2.45, 2.75) is 165 Å². The van der Waals surface area contributed by atoms with Gasteiger partial charge in [0, 0.05) is 26.4 Å². The monoisotopic (exact) mass is 1010 g/mol. The highest BCUT2D eigenvalue weighted by molar-refractivity contribution is 7.47. The van der Waals surface area contributed by atoms with E-state index in [9.17, 15) is 64.1 Å². The number of rotatable bonds is 25. The topological polar surface area (TPSA) is 420 Å². The maximum Gasteiger partial charge on any atom is 0.474 e. The zero-order valence-electron chi connectivity index (χ0n) is 39.4. The van der Waals surface area contributed by atoms with Gasteiger partial charge in [-0.15, -0.1) is 0 Å². The van der Waals surface area contributed by atoms with Crippen LogP contribution in [0.1, 0.15) is 73.6 Å². The molecule has 0 aromatic rings. The molecule has 0 radical (unpaired) electrons. The van der Waals surface area contributed by atoms with Crippen molar-refractivity contribution >= 4 is 37.6 Å². The fourth-order valence-corrected chi connectivity index (χ4v) is 8.73. The van der Waals surface area contributed by atoms with E-state index >= 15 is 0 Å². The first-order valence-corrected chi connectivity index (χ1v) is 23.7. The van der Waals surface area contributed by atoms with Crippen molar-refractivity contribution in [2.24, 2.45) is 23.1 Å². The van der Waals surface area contributed by atoms with Crippen LogP contribution in [-0.2, 0) is 61.2 Å². The van der Waals surface area contributed by atoms with Crippen LogP contribution >= 0.6 is 7.82 Å². The lowest BCUT2D eigenvalue weighted by atomic mass is 9.78. The molecule has 27 heteroatoms. The van der Waals surface area contributed by atoms with Gasteiger partial charge in [-0.1, -0.05) is 34.9 Å². The van der Waals surface area contributed by atoms with E-state index in [-0.39, 0.29) is 13.0 Å². The summed E-state index contributed by atoms with van der Waals surface area (Å²) in [5.74, 6) is -5.30. The number of amides is 4. The third kappa shape index (κ3) is 18.0. The van der Waals surface area contributed by atoms with Crippen LogP contribution in [0.3, 0.4) is 0 Å². The number of primary amides is 2. The van der Waals surface area contributed by atoms with Gasteiger partial charge < -0.3 is 91.8 Å². The maximum absolute atomic E-state index is 13.5. The first-order valence-electron chi connectivity index (χ1n) is 22.2. The number of aliphatic hydroxyl groups excluding tert-OH is 5. The summed E-state index contributed by atoms with van der Waals surface area (Å²) < 4.78 is 57.7. The number of nitrogens with one attached hydrogen (secondary N) is 2. The number of aliphatic carboxylic acids is 1. The average Bonchev–Trinajstić information content (AvgIpc) is 3.24. The molecular formula is C42H70N5O21P. The number of nitrogens with two attached hydrogens (primary N) is 3. The molecule has 17 atom stereocenters. The zero-order valence-corrected chi connectivity index (χ0v) is 40.3. The van der Waals surface area contributed by atoms with E-state index in [1.165, 1.54) is 18.1 Å². The van der Waals surface area contributed by atoms with Gasteiger partial charge >= 0.3 is 19.9 Å². The van der Waals surface area contributed by atoms with Crippen LogP contribution in [0.2, 0.25) is 0 Å². The molecule has 8 unspecified atom stereocenters. The zero-order chi connectivity index (χ0) is 51.9. The highest BCUT2D eigenvalue weighted by Gasteiger charge is 2.57. The number of hydrogen-bond acceptors (Lipinski definition) is 20. The molecule has 1 saturated carbocycles. The Morgan fingerprint density at radius 1 is 0.783 bits per heavy atom. The number of phosphoric ester groups is 1. The maximum atomic E-state index is 13.5. The number of carboxylic acids is 1. The van der Waals surface area contributed by atoms with Gasteiger partial charge in [-0.05, 0) is 59.8 Å². The van der Waals surface area contributed by atoms with Gasteiger partial charge in [0.15, 0.2) is 37.0 Å². The van der Waals surface area contributed by atoms with Crippen LogP contribution in [0.5, 0.6) is 0 Å². The van der Waals surface area contributed by atoms with Crippen LogP contribution in [0, 0.1) is 5.92 Å². The number of ether oxygens (including phenoxy) is 6. The van der Waals surface area contributed by atoms with Gasteiger partial charge in [0.2, 0.25) is 17.7 Å². The second kappa shape index (κ2) is 27.6. The van der Waals surface area contributed by atoms with E-state index in [2.05, 4.69) is 22.8 Å². The van der Waals surface area contributed by atoms with Gasteiger partial charge in [0.1, 0.15) is 30.5 Å². The smallest absolute Gasteiger partial charge is 0.474 e. The minimum Gasteiger partial charge on any atom is -0.479 e. The van der Waals surface area contributed by atoms with Crippen LogP contribution in [-0.4, -0.2) is 183 Å².